The highest BCUT2D eigenvalue weighted by Gasteiger charge is 2.16. The summed E-state index contributed by atoms with van der Waals surface area (Å²) < 4.78 is 23.6. The number of benzene rings is 2. The molecule has 8 nitrogen and oxygen atoms in total. The standard InChI is InChI=1S/C19H13ClFN3O5/c20-13-3-7-18(16(9-13)24(26)27)28-11-19(25)23-22-10-15-6-8-17(29-15)12-1-4-14(21)5-2-12/h1-10H,11H2,(H,23,25)/b22-10+. The Morgan fingerprint density at radius 3 is 2.72 bits per heavy atom. The van der Waals surface area contributed by atoms with Gasteiger partial charge in [-0.2, -0.15) is 5.10 Å². The molecule has 0 spiro atoms. The Kier molecular flexibility index (Phi) is 6.20. The van der Waals surface area contributed by atoms with E-state index in [1.165, 1.54) is 30.5 Å². The number of ether oxygens (including phenoxy) is 1. The van der Waals surface area contributed by atoms with Crippen molar-refractivity contribution in [1.29, 1.82) is 0 Å². The molecule has 0 fully saturated rings. The first kappa shape index (κ1) is 20.0. The lowest BCUT2D eigenvalue weighted by atomic mass is 10.2. The molecule has 0 unspecified atom stereocenters. The Morgan fingerprint density at radius 1 is 1.24 bits per heavy atom. The van der Waals surface area contributed by atoms with Gasteiger partial charge in [0.15, 0.2) is 12.4 Å². The molecule has 0 atom stereocenters. The van der Waals surface area contributed by atoms with Crippen LogP contribution in [-0.2, 0) is 4.79 Å². The van der Waals surface area contributed by atoms with Crippen molar-refractivity contribution in [3.05, 3.63) is 81.3 Å². The minimum Gasteiger partial charge on any atom is -0.477 e. The lowest BCUT2D eigenvalue weighted by molar-refractivity contribution is -0.385. The number of hydrazone groups is 1. The number of carbonyl (C=O) groups excluding carboxylic acids is 1. The van der Waals surface area contributed by atoms with E-state index in [4.69, 9.17) is 20.8 Å². The van der Waals surface area contributed by atoms with Crippen LogP contribution in [0.25, 0.3) is 11.3 Å². The third-order valence-corrected chi connectivity index (χ3v) is 3.85. The fraction of sp³-hybridized carbons (Fsp3) is 0.0526. The van der Waals surface area contributed by atoms with E-state index in [-0.39, 0.29) is 22.3 Å². The van der Waals surface area contributed by atoms with Crippen molar-refractivity contribution in [3.8, 4) is 17.1 Å². The molecule has 10 heteroatoms. The van der Waals surface area contributed by atoms with Crippen LogP contribution in [0.2, 0.25) is 5.02 Å². The third kappa shape index (κ3) is 5.39. The topological polar surface area (TPSA) is 107 Å². The van der Waals surface area contributed by atoms with E-state index in [0.717, 1.165) is 6.07 Å². The quantitative estimate of drug-likeness (QED) is 0.352. The van der Waals surface area contributed by atoms with E-state index >= 15 is 0 Å². The zero-order valence-corrected chi connectivity index (χ0v) is 15.4. The summed E-state index contributed by atoms with van der Waals surface area (Å²) in [4.78, 5) is 22.1. The zero-order chi connectivity index (χ0) is 20.8. The largest absolute Gasteiger partial charge is 0.477 e. The van der Waals surface area contributed by atoms with Crippen molar-refractivity contribution < 1.29 is 23.3 Å². The minimum atomic E-state index is -0.660. The number of nitrogens with one attached hydrogen (secondary N) is 1. The van der Waals surface area contributed by atoms with Gasteiger partial charge in [0.1, 0.15) is 17.3 Å². The molecule has 3 aromatic rings. The van der Waals surface area contributed by atoms with E-state index in [2.05, 4.69) is 10.5 Å². The van der Waals surface area contributed by atoms with Gasteiger partial charge in [-0.25, -0.2) is 9.82 Å². The minimum absolute atomic E-state index is 0.0893. The number of furan rings is 1. The molecule has 3 rings (SSSR count). The van der Waals surface area contributed by atoms with Crippen LogP contribution in [0.15, 0.2) is 64.1 Å². The summed E-state index contributed by atoms with van der Waals surface area (Å²) in [6, 6.07) is 12.9. The molecule has 0 bridgehead atoms. The normalized spacial score (nSPS) is 10.8. The fourth-order valence-corrected chi connectivity index (χ4v) is 2.46. The van der Waals surface area contributed by atoms with Gasteiger partial charge in [0, 0.05) is 16.7 Å². The van der Waals surface area contributed by atoms with Crippen LogP contribution in [0.3, 0.4) is 0 Å². The summed E-state index contributed by atoms with van der Waals surface area (Å²) in [6.45, 7) is -0.487. The van der Waals surface area contributed by atoms with E-state index < -0.39 is 17.4 Å². The Hall–Kier alpha value is -3.72. The lowest BCUT2D eigenvalue weighted by Crippen LogP contribution is -2.24. The molecule has 0 saturated carbocycles. The first-order chi connectivity index (χ1) is 13.9. The number of amides is 1. The van der Waals surface area contributed by atoms with Crippen LogP contribution in [0, 0.1) is 15.9 Å². The molecule has 1 N–H and O–H groups in total. The first-order valence-corrected chi connectivity index (χ1v) is 8.54. The number of nitrogens with zero attached hydrogens (tertiary/aromatic N) is 2. The lowest BCUT2D eigenvalue weighted by Gasteiger charge is -2.05. The number of hydrogen-bond acceptors (Lipinski definition) is 6. The van der Waals surface area contributed by atoms with Crippen LogP contribution in [0.1, 0.15) is 5.76 Å². The molecule has 1 aromatic heterocycles. The number of halogens is 2. The molecule has 148 valence electrons. The Morgan fingerprint density at radius 2 is 2.00 bits per heavy atom. The second-order valence-corrected chi connectivity index (χ2v) is 6.10. The van der Waals surface area contributed by atoms with Crippen molar-refractivity contribution in [1.82, 2.24) is 5.43 Å². The number of hydrogen-bond donors (Lipinski definition) is 1. The van der Waals surface area contributed by atoms with E-state index in [1.54, 1.807) is 24.3 Å². The van der Waals surface area contributed by atoms with Gasteiger partial charge in [-0.1, -0.05) is 11.6 Å². The fourth-order valence-electron chi connectivity index (χ4n) is 2.29. The summed E-state index contributed by atoms with van der Waals surface area (Å²) in [5.74, 6) is -0.199. The maximum Gasteiger partial charge on any atom is 0.312 e. The average molecular weight is 418 g/mol. The van der Waals surface area contributed by atoms with Crippen LogP contribution < -0.4 is 10.2 Å². The Labute approximate surface area is 168 Å². The molecule has 1 heterocycles. The van der Waals surface area contributed by atoms with Gasteiger partial charge in [-0.15, -0.1) is 0 Å². The SMILES string of the molecule is O=C(COc1ccc(Cl)cc1[N+](=O)[O-])N/N=C/c1ccc(-c2ccc(F)cc2)o1. The second kappa shape index (κ2) is 8.98. The molecule has 0 aliphatic carbocycles. The van der Waals surface area contributed by atoms with Gasteiger partial charge in [0.2, 0.25) is 0 Å². The molecule has 2 aromatic carbocycles. The molecule has 0 aliphatic heterocycles. The summed E-state index contributed by atoms with van der Waals surface area (Å²) in [7, 11) is 0. The van der Waals surface area contributed by atoms with E-state index in [1.807, 2.05) is 0 Å². The molecule has 0 saturated heterocycles. The summed E-state index contributed by atoms with van der Waals surface area (Å²) in [6.07, 6.45) is 1.27. The molecule has 29 heavy (non-hydrogen) atoms. The average Bonchev–Trinajstić information content (AvgIpc) is 3.16. The predicted octanol–water partition coefficient (Wildman–Crippen LogP) is 4.18. The number of nitro groups is 1. The highest BCUT2D eigenvalue weighted by molar-refractivity contribution is 6.30. The molecule has 1 amide bonds. The van der Waals surface area contributed by atoms with Crippen molar-refractivity contribution in [2.75, 3.05) is 6.61 Å². The number of nitro benzene ring substituents is 1. The zero-order valence-electron chi connectivity index (χ0n) is 14.7. The third-order valence-electron chi connectivity index (χ3n) is 3.61. The summed E-state index contributed by atoms with van der Waals surface area (Å²) >= 11 is 5.71. The van der Waals surface area contributed by atoms with Gasteiger partial charge in [0.05, 0.1) is 11.1 Å². The van der Waals surface area contributed by atoms with Gasteiger partial charge < -0.3 is 9.15 Å². The Balaban J connectivity index is 1.54. The van der Waals surface area contributed by atoms with E-state index in [0.29, 0.717) is 17.1 Å². The summed E-state index contributed by atoms with van der Waals surface area (Å²) in [5.41, 5.74) is 2.56. The first-order valence-electron chi connectivity index (χ1n) is 8.17. The maximum atomic E-state index is 13.0. The molecular weight excluding hydrogens is 405 g/mol. The number of carbonyl (C=O) groups is 1. The van der Waals surface area contributed by atoms with Crippen LogP contribution in [0.5, 0.6) is 5.75 Å². The van der Waals surface area contributed by atoms with Crippen molar-refractivity contribution in [2.45, 2.75) is 0 Å². The van der Waals surface area contributed by atoms with Crippen molar-refractivity contribution >= 4 is 29.4 Å². The van der Waals surface area contributed by atoms with Gasteiger partial charge in [-0.05, 0) is 48.5 Å². The summed E-state index contributed by atoms with van der Waals surface area (Å²) in [5, 5.41) is 14.9. The maximum absolute atomic E-state index is 13.0. The monoisotopic (exact) mass is 417 g/mol. The van der Waals surface area contributed by atoms with Crippen molar-refractivity contribution in [2.24, 2.45) is 5.10 Å². The van der Waals surface area contributed by atoms with Crippen molar-refractivity contribution in [3.63, 3.8) is 0 Å². The molecular formula is C19H13ClFN3O5. The second-order valence-electron chi connectivity index (χ2n) is 5.66. The van der Waals surface area contributed by atoms with E-state index in [9.17, 15) is 19.3 Å². The van der Waals surface area contributed by atoms with Crippen LogP contribution in [-0.4, -0.2) is 23.7 Å². The molecule has 0 aliphatic rings. The Bertz CT molecular complexity index is 1070. The molecule has 0 radical (unpaired) electrons. The number of rotatable bonds is 7. The predicted molar refractivity (Wildman–Crippen MR) is 103 cm³/mol. The van der Waals surface area contributed by atoms with Crippen LogP contribution >= 0.6 is 11.6 Å². The smallest absolute Gasteiger partial charge is 0.312 e. The van der Waals surface area contributed by atoms with Gasteiger partial charge in [0.25, 0.3) is 5.91 Å². The van der Waals surface area contributed by atoms with Gasteiger partial charge in [-0.3, -0.25) is 14.9 Å². The highest BCUT2D eigenvalue weighted by atomic mass is 35.5. The van der Waals surface area contributed by atoms with Gasteiger partial charge >= 0.3 is 5.69 Å². The highest BCUT2D eigenvalue weighted by Crippen LogP contribution is 2.29. The van der Waals surface area contributed by atoms with Crippen LogP contribution in [0.4, 0.5) is 10.1 Å².